The number of benzene rings is 4. The molecule has 12 rings (SSSR count). The highest BCUT2D eigenvalue weighted by Gasteiger charge is 2.47. The highest BCUT2D eigenvalue weighted by molar-refractivity contribution is 5.77. The van der Waals surface area contributed by atoms with Crippen LogP contribution in [0, 0.1) is 70.7 Å². The second-order valence-electron chi connectivity index (χ2n) is 25.4. The Balaban J connectivity index is 0.000000309. The molecule has 8 heterocycles. The lowest BCUT2D eigenvalue weighted by Gasteiger charge is -2.47. The Morgan fingerprint density at radius 3 is 0.975 bits per heavy atom. The fraction of sp³-hybridized carbons (Fsp3) is 0.708. The van der Waals surface area contributed by atoms with Crippen molar-refractivity contribution in [1.29, 1.82) is 0 Å². The third kappa shape index (κ3) is 23.8. The van der Waals surface area contributed by atoms with Gasteiger partial charge in [0.05, 0.1) is 88.3 Å². The summed E-state index contributed by atoms with van der Waals surface area (Å²) < 4.78 is 862. The molecule has 120 heavy (non-hydrogen) atoms. The summed E-state index contributed by atoms with van der Waals surface area (Å²) in [6.07, 6.45) is -54.2. The summed E-state index contributed by atoms with van der Waals surface area (Å²) >= 11 is 0. The molecule has 0 amide bonds. The highest BCUT2D eigenvalue weighted by Crippen LogP contribution is 2.50. The molecule has 8 aliphatic rings. The van der Waals surface area contributed by atoms with Gasteiger partial charge in [-0.2, -0.15) is 0 Å². The summed E-state index contributed by atoms with van der Waals surface area (Å²) in [5, 5.41) is 0. The van der Waals surface area contributed by atoms with Crippen molar-refractivity contribution in [2.45, 2.75) is 259 Å². The first-order valence-corrected chi connectivity index (χ1v) is 34.9. The molecule has 20 atom stereocenters. The molecule has 0 aromatic heterocycles. The molecule has 24 heteroatoms. The van der Waals surface area contributed by atoms with E-state index in [9.17, 15) is 53.4 Å². The van der Waals surface area contributed by atoms with Gasteiger partial charge in [0.15, 0.2) is 46.0 Å². The third-order valence-corrected chi connectivity index (χ3v) is 17.1. The van der Waals surface area contributed by atoms with Gasteiger partial charge in [-0.3, -0.25) is 38.8 Å². The van der Waals surface area contributed by atoms with Crippen LogP contribution in [0.5, 0.6) is 46.0 Å². The van der Waals surface area contributed by atoms with Crippen molar-refractivity contribution in [3.8, 4) is 46.0 Å². The number of esters is 4. The molecule has 4 saturated heterocycles. The number of nitrogens with two attached hydrogens (primary N) is 4. The lowest BCUT2D eigenvalue weighted by molar-refractivity contribution is -0.161. The molecule has 24 nitrogen and oxygen atoms in total. The molecular formula is C96H152N8O16. The van der Waals surface area contributed by atoms with Gasteiger partial charge in [-0.15, -0.1) is 0 Å². The van der Waals surface area contributed by atoms with Crippen LogP contribution in [0.4, 0.5) is 0 Å². The molecule has 4 aromatic carbocycles. The summed E-state index contributed by atoms with van der Waals surface area (Å²) in [6, 6.07) is -36.8. The van der Waals surface area contributed by atoms with Crippen molar-refractivity contribution in [3.63, 3.8) is 0 Å². The second kappa shape index (κ2) is 43.9. The summed E-state index contributed by atoms with van der Waals surface area (Å²) in [5.74, 6) is -66.8. The van der Waals surface area contributed by atoms with Gasteiger partial charge >= 0.3 is 23.9 Å². The van der Waals surface area contributed by atoms with Gasteiger partial charge in [0.25, 0.3) is 0 Å². The minimum atomic E-state index is -4.93. The van der Waals surface area contributed by atoms with E-state index in [0.717, 1.165) is 42.7 Å². The number of carbonyl (C=O) groups excluding carboxylic acids is 4. The molecule has 8 aliphatic heterocycles. The molecule has 16 unspecified atom stereocenters. The fourth-order valence-electron chi connectivity index (χ4n) is 11.7. The summed E-state index contributed by atoms with van der Waals surface area (Å²) in [7, 11) is -0.589. The molecule has 4 fully saturated rings. The standard InChI is InChI=1S/4C24H38N2O4/c4*1-14(2)9-17-13-26-8-7-16-10-21(28-5)22(29-6)11-18(16)19(26)12-20(17)30-24(27)23(25)15(3)4/h4*10-11,14-15,17,19-20,23H,7-9,12-13,25H2,1-6H3/t4*17?,19?,20?,23-/m0000/s1/i1D3,3D3,4D3,5D3,9D2,10D,11D,12D2,13D2,14D,15D,17D,19D,20D,23D;1D3,3D3,4D3,5D3,9D2,10D,11D,12D2,13D2,14D,15D,17D,20D,23D;1D3,3D3,4D3,9D2,10D,11D,12D2,13D2,14D,15D,17D,20D,23D;1D3,3D3,4D3,9D2,10D,11D,12D2,13D2,14D,15D,17D,19D,23D/t4*14?,17?,19?,20?,23-. The van der Waals surface area contributed by atoms with Crippen LogP contribution in [-0.2, 0) is 63.8 Å². The molecule has 0 saturated carbocycles. The predicted octanol–water partition coefficient (Wildman–Crippen LogP) is 14.3. The van der Waals surface area contributed by atoms with Gasteiger partial charge in [-0.25, -0.2) is 0 Å². The van der Waals surface area contributed by atoms with Gasteiger partial charge in [0, 0.05) is 224 Å². The Kier molecular flexibility index (Phi) is 11.1. The number of piperidine rings is 4. The van der Waals surface area contributed by atoms with Gasteiger partial charge in [-0.05, 0) is 191 Å². The van der Waals surface area contributed by atoms with Gasteiger partial charge in [-0.1, -0.05) is 110 Å². The van der Waals surface area contributed by atoms with E-state index < -0.39 is 508 Å². The number of fused-ring (bicyclic) bond motifs is 12. The minimum Gasteiger partial charge on any atom is -0.493 e. The summed E-state index contributed by atoms with van der Waals surface area (Å²) in [4.78, 5) is 56.7. The number of nitrogens with zero attached hydrogens (tertiary/aromatic N) is 4. The van der Waals surface area contributed by atoms with Crippen molar-refractivity contribution < 1.29 is 206 Å². The lowest BCUT2D eigenvalue weighted by Crippen LogP contribution is -2.51. The van der Waals surface area contributed by atoms with Crippen LogP contribution in [0.15, 0.2) is 48.3 Å². The molecule has 0 aliphatic carbocycles. The Hall–Kier alpha value is -7.16. The lowest BCUT2D eigenvalue weighted by atomic mass is 9.79. The fourth-order valence-corrected chi connectivity index (χ4v) is 11.7. The topological polar surface area (TPSA) is 296 Å². The van der Waals surface area contributed by atoms with Gasteiger partial charge in [0.1, 0.15) is 48.4 Å². The number of ether oxygens (including phenoxy) is 12. The van der Waals surface area contributed by atoms with E-state index in [1.807, 2.05) is 0 Å². The van der Waals surface area contributed by atoms with Gasteiger partial charge in [0.2, 0.25) is 0 Å². The van der Waals surface area contributed by atoms with Crippen LogP contribution in [0.25, 0.3) is 0 Å². The normalized spacial score (nSPS) is 50.7. The van der Waals surface area contributed by atoms with E-state index in [-0.39, 0.29) is 32.4 Å². The van der Waals surface area contributed by atoms with Crippen molar-refractivity contribution in [1.82, 2.24) is 19.6 Å². The Labute approximate surface area is 852 Å². The van der Waals surface area contributed by atoms with Crippen LogP contribution in [0.3, 0.4) is 0 Å². The van der Waals surface area contributed by atoms with Crippen molar-refractivity contribution >= 4 is 23.9 Å². The third-order valence-electron chi connectivity index (χ3n) is 17.1. The average Bonchev–Trinajstić information content (AvgIpc) is 0.627. The van der Waals surface area contributed by atoms with Crippen LogP contribution in [0.2, 0.25) is 0 Å². The first-order chi connectivity index (χ1) is 94.0. The Morgan fingerprint density at radius 2 is 0.650 bits per heavy atom. The minimum absolute atomic E-state index is 0.0145. The first-order valence-electron chi connectivity index (χ1n) is 82.4. The molecule has 672 valence electrons. The molecular weight excluding hydrogens is 1520 g/mol. The number of rotatable bonds is 28. The van der Waals surface area contributed by atoms with Gasteiger partial charge < -0.3 is 79.8 Å². The van der Waals surface area contributed by atoms with E-state index in [4.69, 9.17) is 176 Å². The molecule has 4 aromatic rings. The monoisotopic (exact) mass is 1770 g/mol. The molecule has 0 spiro atoms. The molecule has 0 radical (unpaired) electrons. The maximum absolute atomic E-state index is 14.0. The number of hydrogen-bond acceptors (Lipinski definition) is 24. The average molecular weight is 1770 g/mol. The predicted molar refractivity (Wildman–Crippen MR) is 471 cm³/mol. The second-order valence-corrected chi connectivity index (χ2v) is 25.4. The molecule has 8 N–H and O–H groups in total. The maximum atomic E-state index is 14.0. The number of carbonyl (C=O) groups is 4. The largest absolute Gasteiger partial charge is 0.493 e. The van der Waals surface area contributed by atoms with E-state index in [2.05, 4.69) is 0 Å². The van der Waals surface area contributed by atoms with E-state index in [1.165, 1.54) is 0 Å². The zero-order valence-corrected chi connectivity index (χ0v) is 65.5. The quantitative estimate of drug-likeness (QED) is 0.0303. The first kappa shape index (κ1) is 30.3. The number of methoxy groups -OCH3 is 8. The Morgan fingerprint density at radius 1 is 0.383 bits per heavy atom. The van der Waals surface area contributed by atoms with Crippen LogP contribution in [0.1, 0.15) is 360 Å². The van der Waals surface area contributed by atoms with Crippen molar-refractivity contribution in [2.75, 3.05) is 109 Å². The van der Waals surface area contributed by atoms with Crippen LogP contribution >= 0.6 is 0 Å². The molecule has 0 bridgehead atoms. The number of hydrogen-bond donors (Lipinski definition) is 4. The van der Waals surface area contributed by atoms with Crippen molar-refractivity contribution in [3.05, 3.63) is 92.8 Å². The summed E-state index contributed by atoms with van der Waals surface area (Å²) in [5.41, 5.74) is 17.5. The van der Waals surface area contributed by atoms with E-state index >= 15 is 0 Å². The van der Waals surface area contributed by atoms with Crippen LogP contribution in [-0.4, -0.2) is 201 Å². The highest BCUT2D eigenvalue weighted by atomic mass is 16.6. The van der Waals surface area contributed by atoms with E-state index in [1.54, 1.807) is 0 Å². The van der Waals surface area contributed by atoms with Crippen LogP contribution < -0.4 is 60.8 Å². The zero-order valence-electron chi connectivity index (χ0n) is 161. The zero-order chi connectivity index (χ0) is 171. The summed E-state index contributed by atoms with van der Waals surface area (Å²) in [6.45, 7) is -66.9. The Bertz CT molecular complexity index is 8520. The van der Waals surface area contributed by atoms with E-state index in [0.29, 0.717) is 37.5 Å². The SMILES string of the molecule is [2H]c1c2c(c([2H])c(OC)c1OC([2H])([2H])[2H])C1([2H])N(CC2)C([2H])([2H])C([2H])(C([2H])([2H])C([2H])(C)C([2H])([2H])[2H])C([2H])(OC(=O)[C@@]([2H])(N)C([2H])(C([2H])([2H])[2H])C([2H])([2H])[2H])C1([2H])[2H].[2H]c1c2c(c([2H])c(OC)c1OC([2H])([2H])[2H])C1N(CC2)C([2H])([2H])C([2H])(C([2H])([2H])C([2H])(C)C([2H])([2H])[2H])C([2H])(OC(=O)[C@@]([2H])(N)C([2H])(C([2H])([2H])[2H])C([2H])([2H])[2H])C1([2H])[2H].[2H]c1c2c(c([2H])c(OC)c1OC)C1([2H])N(CC2)C([2H])([2H])C([2H])(C([2H])([2H])C([2H])(C)C([2H])([2H])[2H])C(OC(=O)[C@@]([2H])(N)C([2H])(C([2H])([2H])[2H])C([2H])([2H])[2H])C1([2H])[2H].[2H]c1c2c(c([2H])c(OC)c1OC)C1N(CC2)C([2H])([2H])C([2H])(C([2H])([2H])C([2H])(C)C([2H])([2H])[2H])C([2H])(OC(=O)[C@@]([2H])(N)C([2H])(C([2H])([2H])[2H])C([2H])([2H])[2H])C1([2H])[2H]. The maximum Gasteiger partial charge on any atom is 0.323 e. The smallest absolute Gasteiger partial charge is 0.323 e. The van der Waals surface area contributed by atoms with Crippen molar-refractivity contribution in [2.24, 2.45) is 93.7 Å².